The van der Waals surface area contributed by atoms with Gasteiger partial charge in [-0.15, -0.1) is 0 Å². The van der Waals surface area contributed by atoms with Crippen molar-refractivity contribution in [1.29, 1.82) is 0 Å². The second kappa shape index (κ2) is 3.54. The minimum absolute atomic E-state index is 0.0968. The van der Waals surface area contributed by atoms with Crippen LogP contribution < -0.4 is 5.90 Å². The van der Waals surface area contributed by atoms with E-state index in [1.54, 1.807) is 0 Å². The van der Waals surface area contributed by atoms with Gasteiger partial charge in [-0.2, -0.15) is 0 Å². The Morgan fingerprint density at radius 3 is 2.71 bits per heavy atom. The predicted molar refractivity (Wildman–Crippen MR) is 57.2 cm³/mol. The van der Waals surface area contributed by atoms with E-state index in [-0.39, 0.29) is 5.41 Å². The van der Waals surface area contributed by atoms with Gasteiger partial charge in [0.1, 0.15) is 0 Å². The molecule has 1 fully saturated rings. The van der Waals surface area contributed by atoms with Gasteiger partial charge in [0.05, 0.1) is 6.61 Å². The van der Waals surface area contributed by atoms with Crippen LogP contribution in [0.3, 0.4) is 0 Å². The van der Waals surface area contributed by atoms with Gasteiger partial charge in [0.15, 0.2) is 0 Å². The van der Waals surface area contributed by atoms with E-state index in [0.717, 1.165) is 17.9 Å². The maximum absolute atomic E-state index is 6.19. The van der Waals surface area contributed by atoms with Crippen LogP contribution in [-0.4, -0.2) is 6.61 Å². The van der Waals surface area contributed by atoms with Gasteiger partial charge in [0, 0.05) is 10.4 Å². The SMILES string of the molecule is Cc1ccc(C2(CON)CC2)c(Cl)c1. The fraction of sp³-hybridized carbons (Fsp3) is 0.455. The normalized spacial score (nSPS) is 18.2. The van der Waals surface area contributed by atoms with Crippen molar-refractivity contribution in [2.75, 3.05) is 6.61 Å². The largest absolute Gasteiger partial charge is 0.304 e. The lowest BCUT2D eigenvalue weighted by Gasteiger charge is -2.15. The van der Waals surface area contributed by atoms with E-state index >= 15 is 0 Å². The summed E-state index contributed by atoms with van der Waals surface area (Å²) in [5.74, 6) is 5.13. The quantitative estimate of drug-likeness (QED) is 0.780. The predicted octanol–water partition coefficient (Wildman–Crippen LogP) is 2.57. The fourth-order valence-electron chi connectivity index (χ4n) is 1.85. The first-order valence-electron chi connectivity index (χ1n) is 4.76. The molecule has 0 heterocycles. The first-order valence-corrected chi connectivity index (χ1v) is 5.14. The molecule has 14 heavy (non-hydrogen) atoms. The monoisotopic (exact) mass is 211 g/mol. The lowest BCUT2D eigenvalue weighted by atomic mass is 9.96. The summed E-state index contributed by atoms with van der Waals surface area (Å²) in [6.45, 7) is 2.60. The average molecular weight is 212 g/mol. The molecule has 2 N–H and O–H groups in total. The summed E-state index contributed by atoms with van der Waals surface area (Å²) in [7, 11) is 0. The zero-order valence-electron chi connectivity index (χ0n) is 8.22. The Labute approximate surface area is 89.0 Å². The summed E-state index contributed by atoms with van der Waals surface area (Å²) in [6, 6.07) is 6.16. The molecule has 0 aliphatic heterocycles. The molecule has 0 amide bonds. The van der Waals surface area contributed by atoms with Gasteiger partial charge >= 0.3 is 0 Å². The van der Waals surface area contributed by atoms with Crippen molar-refractivity contribution in [3.8, 4) is 0 Å². The number of aryl methyl sites for hydroxylation is 1. The second-order valence-corrected chi connectivity index (χ2v) is 4.48. The van der Waals surface area contributed by atoms with Crippen LogP contribution >= 0.6 is 11.6 Å². The number of benzene rings is 1. The summed E-state index contributed by atoms with van der Waals surface area (Å²) in [5, 5.41) is 0.833. The zero-order valence-corrected chi connectivity index (χ0v) is 8.97. The third kappa shape index (κ3) is 1.65. The smallest absolute Gasteiger partial charge is 0.0776 e. The molecule has 1 saturated carbocycles. The molecule has 76 valence electrons. The first-order chi connectivity index (χ1) is 6.68. The van der Waals surface area contributed by atoms with E-state index in [0.29, 0.717) is 6.61 Å². The van der Waals surface area contributed by atoms with Crippen molar-refractivity contribution in [3.63, 3.8) is 0 Å². The summed E-state index contributed by atoms with van der Waals surface area (Å²) in [6.07, 6.45) is 2.24. The number of halogens is 1. The van der Waals surface area contributed by atoms with Crippen molar-refractivity contribution in [1.82, 2.24) is 0 Å². The molecule has 0 spiro atoms. The van der Waals surface area contributed by atoms with Crippen molar-refractivity contribution in [2.45, 2.75) is 25.2 Å². The highest BCUT2D eigenvalue weighted by atomic mass is 35.5. The van der Waals surface area contributed by atoms with E-state index in [2.05, 4.69) is 12.1 Å². The number of hydrogen-bond donors (Lipinski definition) is 1. The summed E-state index contributed by atoms with van der Waals surface area (Å²) in [5.41, 5.74) is 2.46. The highest BCUT2D eigenvalue weighted by Gasteiger charge is 2.45. The van der Waals surface area contributed by atoms with Crippen LogP contribution in [0.1, 0.15) is 24.0 Å². The van der Waals surface area contributed by atoms with Crippen LogP contribution in [0.15, 0.2) is 18.2 Å². The molecule has 1 aliphatic rings. The Hall–Kier alpha value is -0.570. The lowest BCUT2D eigenvalue weighted by Crippen LogP contribution is -2.18. The highest BCUT2D eigenvalue weighted by molar-refractivity contribution is 6.31. The molecular formula is C11H14ClNO. The Kier molecular flexibility index (Phi) is 2.52. The van der Waals surface area contributed by atoms with Crippen LogP contribution in [0.25, 0.3) is 0 Å². The van der Waals surface area contributed by atoms with E-state index in [9.17, 15) is 0 Å². The molecule has 0 radical (unpaired) electrons. The molecule has 1 aromatic carbocycles. The molecule has 2 nitrogen and oxygen atoms in total. The molecule has 0 unspecified atom stereocenters. The molecule has 1 aliphatic carbocycles. The van der Waals surface area contributed by atoms with Gasteiger partial charge in [-0.25, -0.2) is 5.90 Å². The van der Waals surface area contributed by atoms with Gasteiger partial charge in [-0.3, -0.25) is 0 Å². The van der Waals surface area contributed by atoms with Gasteiger partial charge in [-0.05, 0) is 37.0 Å². The number of hydrogen-bond acceptors (Lipinski definition) is 2. The average Bonchev–Trinajstić information content (AvgIpc) is 2.86. The summed E-state index contributed by atoms with van der Waals surface area (Å²) < 4.78 is 0. The summed E-state index contributed by atoms with van der Waals surface area (Å²) >= 11 is 6.19. The van der Waals surface area contributed by atoms with E-state index < -0.39 is 0 Å². The second-order valence-electron chi connectivity index (χ2n) is 4.07. The third-order valence-corrected chi connectivity index (χ3v) is 3.22. The minimum Gasteiger partial charge on any atom is -0.304 e. The van der Waals surface area contributed by atoms with Crippen molar-refractivity contribution in [2.24, 2.45) is 5.90 Å². The van der Waals surface area contributed by atoms with Crippen LogP contribution in [-0.2, 0) is 10.3 Å². The standard InChI is InChI=1S/C11H14ClNO/c1-8-2-3-9(10(12)6-8)11(4-5-11)7-14-13/h2-3,6H,4-5,7,13H2,1H3. The molecule has 3 heteroatoms. The Balaban J connectivity index is 2.32. The van der Waals surface area contributed by atoms with Crippen molar-refractivity contribution >= 4 is 11.6 Å². The van der Waals surface area contributed by atoms with Gasteiger partial charge in [-0.1, -0.05) is 23.7 Å². The van der Waals surface area contributed by atoms with Crippen LogP contribution in [0.2, 0.25) is 5.02 Å². The van der Waals surface area contributed by atoms with Crippen LogP contribution in [0.4, 0.5) is 0 Å². The molecule has 0 bridgehead atoms. The van der Waals surface area contributed by atoms with Crippen LogP contribution in [0.5, 0.6) is 0 Å². The first kappa shape index (κ1) is 9.97. The molecular weight excluding hydrogens is 198 g/mol. The zero-order chi connectivity index (χ0) is 10.2. The van der Waals surface area contributed by atoms with Crippen molar-refractivity contribution in [3.05, 3.63) is 34.3 Å². The molecule has 2 rings (SSSR count). The molecule has 1 aromatic rings. The topological polar surface area (TPSA) is 35.2 Å². The highest BCUT2D eigenvalue weighted by Crippen LogP contribution is 2.50. The van der Waals surface area contributed by atoms with Gasteiger partial charge in [0.2, 0.25) is 0 Å². The lowest BCUT2D eigenvalue weighted by molar-refractivity contribution is 0.116. The van der Waals surface area contributed by atoms with E-state index in [1.807, 2.05) is 13.0 Å². The molecule has 0 aromatic heterocycles. The summed E-state index contributed by atoms with van der Waals surface area (Å²) in [4.78, 5) is 4.75. The fourth-order valence-corrected chi connectivity index (χ4v) is 2.29. The van der Waals surface area contributed by atoms with E-state index in [1.165, 1.54) is 11.1 Å². The number of rotatable bonds is 3. The molecule has 0 saturated heterocycles. The Morgan fingerprint density at radius 1 is 1.50 bits per heavy atom. The Bertz CT molecular complexity index is 347. The number of nitrogens with two attached hydrogens (primary N) is 1. The van der Waals surface area contributed by atoms with Crippen LogP contribution in [0, 0.1) is 6.92 Å². The maximum Gasteiger partial charge on any atom is 0.0776 e. The minimum atomic E-state index is 0.0968. The molecule has 0 atom stereocenters. The van der Waals surface area contributed by atoms with Gasteiger partial charge < -0.3 is 4.84 Å². The van der Waals surface area contributed by atoms with Crippen molar-refractivity contribution < 1.29 is 4.84 Å². The van der Waals surface area contributed by atoms with Gasteiger partial charge in [0.25, 0.3) is 0 Å². The maximum atomic E-state index is 6.19. The Morgan fingerprint density at radius 2 is 2.21 bits per heavy atom. The van der Waals surface area contributed by atoms with E-state index in [4.69, 9.17) is 22.3 Å². The third-order valence-electron chi connectivity index (χ3n) is 2.91.